The minimum Gasteiger partial charge on any atom is -0.360 e. The van der Waals surface area contributed by atoms with Crippen molar-refractivity contribution in [1.82, 2.24) is 9.78 Å². The maximum atomic E-state index is 11.3. The maximum absolute atomic E-state index is 11.3. The predicted molar refractivity (Wildman–Crippen MR) is 85.0 cm³/mol. The summed E-state index contributed by atoms with van der Waals surface area (Å²) in [6.45, 7) is 8.28. The van der Waals surface area contributed by atoms with Gasteiger partial charge in [-0.15, -0.1) is 11.3 Å². The molecule has 21 heavy (non-hydrogen) atoms. The second-order valence-electron chi connectivity index (χ2n) is 5.15. The minimum absolute atomic E-state index is 0.0643. The van der Waals surface area contributed by atoms with Crippen LogP contribution in [-0.2, 0) is 13.0 Å². The quantitative estimate of drug-likeness (QED) is 0.648. The lowest BCUT2D eigenvalue weighted by atomic mass is 10.3. The smallest absolute Gasteiger partial charge is 0.333 e. The van der Waals surface area contributed by atoms with Gasteiger partial charge in [0.05, 0.1) is 11.5 Å². The van der Waals surface area contributed by atoms with E-state index in [4.69, 9.17) is 0 Å². The maximum Gasteiger partial charge on any atom is 0.333 e. The number of nitrogens with one attached hydrogen (secondary N) is 1. The Labute approximate surface area is 127 Å². The number of thiophene rings is 1. The Balaban J connectivity index is 2.27. The number of anilines is 1. The summed E-state index contributed by atoms with van der Waals surface area (Å²) in [7, 11) is 0. The number of hydrogen-bond acceptors (Lipinski definition) is 5. The van der Waals surface area contributed by atoms with Crippen molar-refractivity contribution in [3.8, 4) is 0 Å². The van der Waals surface area contributed by atoms with Crippen molar-refractivity contribution in [2.75, 3.05) is 5.32 Å². The number of aromatic nitrogens is 2. The van der Waals surface area contributed by atoms with E-state index in [9.17, 15) is 10.1 Å². The van der Waals surface area contributed by atoms with Crippen LogP contribution in [0.25, 0.3) is 0 Å². The average Bonchev–Trinajstić information content (AvgIpc) is 3.00. The van der Waals surface area contributed by atoms with Crippen molar-refractivity contribution in [1.29, 1.82) is 0 Å². The molecule has 2 heterocycles. The van der Waals surface area contributed by atoms with Gasteiger partial charge < -0.3 is 5.32 Å². The standard InChI is InChI=1S/C14H20N4O2S/c1-5-11-6-7-12(21-11)8-15-14-13(18(19)20)10(4)16-17(14)9(2)3/h6-7,9,15H,5,8H2,1-4H3. The lowest BCUT2D eigenvalue weighted by Crippen LogP contribution is -2.10. The normalized spacial score (nSPS) is 11.1. The van der Waals surface area contributed by atoms with E-state index >= 15 is 0 Å². The molecule has 0 aliphatic carbocycles. The minimum atomic E-state index is -0.366. The summed E-state index contributed by atoms with van der Waals surface area (Å²) in [5.41, 5.74) is 0.507. The van der Waals surface area contributed by atoms with Crippen LogP contribution in [0.1, 0.15) is 42.3 Å². The Hall–Kier alpha value is -1.89. The third kappa shape index (κ3) is 3.24. The van der Waals surface area contributed by atoms with Gasteiger partial charge in [-0.25, -0.2) is 4.68 Å². The molecule has 0 atom stereocenters. The molecular weight excluding hydrogens is 288 g/mol. The Morgan fingerprint density at radius 2 is 2.10 bits per heavy atom. The van der Waals surface area contributed by atoms with E-state index in [0.29, 0.717) is 18.1 Å². The van der Waals surface area contributed by atoms with Crippen LogP contribution in [0.3, 0.4) is 0 Å². The lowest BCUT2D eigenvalue weighted by Gasteiger charge is -2.11. The predicted octanol–water partition coefficient (Wildman–Crippen LogP) is 3.92. The first-order chi connectivity index (χ1) is 9.93. The summed E-state index contributed by atoms with van der Waals surface area (Å²) in [6, 6.07) is 4.22. The molecule has 2 aromatic heterocycles. The van der Waals surface area contributed by atoms with Crippen LogP contribution in [0, 0.1) is 17.0 Å². The molecule has 0 amide bonds. The number of aryl methyl sites for hydroxylation is 2. The molecule has 1 N–H and O–H groups in total. The molecule has 0 fully saturated rings. The van der Waals surface area contributed by atoms with Crippen LogP contribution in [0.2, 0.25) is 0 Å². The molecule has 0 saturated heterocycles. The van der Waals surface area contributed by atoms with Crippen molar-refractivity contribution in [3.05, 3.63) is 37.7 Å². The van der Waals surface area contributed by atoms with Crippen LogP contribution in [0.5, 0.6) is 0 Å². The topological polar surface area (TPSA) is 73.0 Å². The summed E-state index contributed by atoms with van der Waals surface area (Å²) in [4.78, 5) is 13.4. The molecule has 2 rings (SSSR count). The Bertz CT molecular complexity index is 645. The summed E-state index contributed by atoms with van der Waals surface area (Å²) < 4.78 is 1.68. The fraction of sp³-hybridized carbons (Fsp3) is 0.500. The highest BCUT2D eigenvalue weighted by atomic mass is 32.1. The van der Waals surface area contributed by atoms with E-state index in [1.54, 1.807) is 22.9 Å². The Morgan fingerprint density at radius 1 is 1.43 bits per heavy atom. The number of hydrogen-bond donors (Lipinski definition) is 1. The molecule has 0 aromatic carbocycles. The fourth-order valence-electron chi connectivity index (χ4n) is 2.17. The third-order valence-electron chi connectivity index (χ3n) is 3.22. The fourth-order valence-corrected chi connectivity index (χ4v) is 3.07. The molecule has 0 saturated carbocycles. The van der Waals surface area contributed by atoms with Crippen LogP contribution >= 0.6 is 11.3 Å². The van der Waals surface area contributed by atoms with Crippen molar-refractivity contribution < 1.29 is 4.92 Å². The van der Waals surface area contributed by atoms with Crippen LogP contribution in [0.4, 0.5) is 11.5 Å². The molecule has 0 aliphatic heterocycles. The second-order valence-corrected chi connectivity index (χ2v) is 6.41. The highest BCUT2D eigenvalue weighted by Gasteiger charge is 2.26. The van der Waals surface area contributed by atoms with E-state index < -0.39 is 0 Å². The Kier molecular flexibility index (Phi) is 4.62. The van der Waals surface area contributed by atoms with Crippen LogP contribution in [0.15, 0.2) is 12.1 Å². The van der Waals surface area contributed by atoms with E-state index in [0.717, 1.165) is 11.3 Å². The van der Waals surface area contributed by atoms with Crippen molar-refractivity contribution in [3.63, 3.8) is 0 Å². The Morgan fingerprint density at radius 3 is 2.62 bits per heavy atom. The first-order valence-electron chi connectivity index (χ1n) is 6.99. The first kappa shape index (κ1) is 15.5. The van der Waals surface area contributed by atoms with E-state index in [1.807, 2.05) is 13.8 Å². The van der Waals surface area contributed by atoms with Gasteiger partial charge in [-0.2, -0.15) is 5.10 Å². The molecule has 6 nitrogen and oxygen atoms in total. The molecule has 0 unspecified atom stereocenters. The molecule has 0 bridgehead atoms. The highest BCUT2D eigenvalue weighted by Crippen LogP contribution is 2.31. The number of nitro groups is 1. The molecule has 7 heteroatoms. The molecular formula is C14H20N4O2S. The van der Waals surface area contributed by atoms with Gasteiger partial charge in [0.25, 0.3) is 0 Å². The van der Waals surface area contributed by atoms with Crippen molar-refractivity contribution in [2.24, 2.45) is 0 Å². The third-order valence-corrected chi connectivity index (χ3v) is 4.45. The highest BCUT2D eigenvalue weighted by molar-refractivity contribution is 7.12. The summed E-state index contributed by atoms with van der Waals surface area (Å²) in [5, 5.41) is 18.7. The van der Waals surface area contributed by atoms with Crippen LogP contribution < -0.4 is 5.32 Å². The molecule has 2 aromatic rings. The van der Waals surface area contributed by atoms with Gasteiger partial charge in [-0.1, -0.05) is 6.92 Å². The van der Waals surface area contributed by atoms with E-state index in [-0.39, 0.29) is 16.7 Å². The summed E-state index contributed by atoms with van der Waals surface area (Å²) in [5.74, 6) is 0.485. The van der Waals surface area contributed by atoms with Gasteiger partial charge in [0.15, 0.2) is 0 Å². The van der Waals surface area contributed by atoms with Crippen molar-refractivity contribution in [2.45, 2.75) is 46.7 Å². The number of rotatable bonds is 6. The largest absolute Gasteiger partial charge is 0.360 e. The molecule has 0 spiro atoms. The van der Waals surface area contributed by atoms with Gasteiger partial charge in [0.1, 0.15) is 5.69 Å². The zero-order chi connectivity index (χ0) is 15.6. The lowest BCUT2D eigenvalue weighted by molar-refractivity contribution is -0.384. The SMILES string of the molecule is CCc1ccc(CNc2c([N+](=O)[O-])c(C)nn2C(C)C)s1. The molecule has 0 radical (unpaired) electrons. The second kappa shape index (κ2) is 6.26. The average molecular weight is 308 g/mol. The summed E-state index contributed by atoms with van der Waals surface area (Å²) in [6.07, 6.45) is 1.01. The van der Waals surface area contributed by atoms with E-state index in [1.165, 1.54) is 4.88 Å². The van der Waals surface area contributed by atoms with Crippen molar-refractivity contribution >= 4 is 22.8 Å². The molecule has 0 aliphatic rings. The van der Waals surface area contributed by atoms with Gasteiger partial charge in [-0.05, 0) is 39.3 Å². The zero-order valence-corrected chi connectivity index (χ0v) is 13.5. The monoisotopic (exact) mass is 308 g/mol. The van der Waals surface area contributed by atoms with Gasteiger partial charge in [-0.3, -0.25) is 10.1 Å². The van der Waals surface area contributed by atoms with Gasteiger partial charge >= 0.3 is 5.69 Å². The zero-order valence-electron chi connectivity index (χ0n) is 12.7. The van der Waals surface area contributed by atoms with E-state index in [2.05, 4.69) is 29.5 Å². The van der Waals surface area contributed by atoms with Gasteiger partial charge in [0.2, 0.25) is 5.82 Å². The number of nitrogens with zero attached hydrogens (tertiary/aromatic N) is 3. The molecule has 114 valence electrons. The first-order valence-corrected chi connectivity index (χ1v) is 7.80. The summed E-state index contributed by atoms with van der Waals surface area (Å²) >= 11 is 1.73. The van der Waals surface area contributed by atoms with Crippen LogP contribution in [-0.4, -0.2) is 14.7 Å². The van der Waals surface area contributed by atoms with Gasteiger partial charge in [0, 0.05) is 15.8 Å².